The molecule has 12 rings (SSSR count). The van der Waals surface area contributed by atoms with E-state index in [0.717, 1.165) is 49.3 Å². The fourth-order valence-corrected chi connectivity index (χ4v) is 9.58. The van der Waals surface area contributed by atoms with Gasteiger partial charge >= 0.3 is 0 Å². The lowest BCUT2D eigenvalue weighted by Gasteiger charge is -2.22. The second-order valence-corrected chi connectivity index (χ2v) is 16.1. The van der Waals surface area contributed by atoms with Gasteiger partial charge in [-0.25, -0.2) is 0 Å². The fraction of sp³-hybridized carbons (Fsp3) is 0.0545. The van der Waals surface area contributed by atoms with Crippen molar-refractivity contribution >= 4 is 54.5 Å². The fourth-order valence-electron chi connectivity index (χ4n) is 9.58. The van der Waals surface area contributed by atoms with E-state index in [1.54, 1.807) is 12.4 Å². The number of rotatable bonds is 4. The highest BCUT2D eigenvalue weighted by Gasteiger charge is 2.36. The third-order valence-electron chi connectivity index (χ3n) is 12.6. The van der Waals surface area contributed by atoms with Gasteiger partial charge < -0.3 is 4.42 Å². The number of benzene rings is 9. The largest absolute Gasteiger partial charge is 0.455 e. The van der Waals surface area contributed by atoms with Gasteiger partial charge in [-0.15, -0.1) is 0 Å². The number of furan rings is 1. The van der Waals surface area contributed by atoms with Crippen molar-refractivity contribution in [3.63, 3.8) is 0 Å². The summed E-state index contributed by atoms with van der Waals surface area (Å²) in [6.07, 6.45) is 3.56. The molecule has 58 heavy (non-hydrogen) atoms. The van der Waals surface area contributed by atoms with Gasteiger partial charge in [-0.2, -0.15) is 0 Å². The first-order valence-electron chi connectivity index (χ1n) is 20.0. The Bertz CT molecular complexity index is 3430. The first-order valence-corrected chi connectivity index (χ1v) is 20.0. The Morgan fingerprint density at radius 3 is 1.52 bits per heavy atom. The molecule has 3 heteroatoms. The maximum atomic E-state index is 6.43. The zero-order valence-electron chi connectivity index (χ0n) is 32.1. The van der Waals surface area contributed by atoms with Gasteiger partial charge in [-0.3, -0.25) is 9.97 Å². The molecule has 9 aromatic carbocycles. The normalized spacial score (nSPS) is 13.1. The van der Waals surface area contributed by atoms with Crippen LogP contribution in [0.15, 0.2) is 187 Å². The molecule has 272 valence electrons. The highest BCUT2D eigenvalue weighted by Crippen LogP contribution is 2.51. The van der Waals surface area contributed by atoms with Crippen molar-refractivity contribution in [1.29, 1.82) is 0 Å². The van der Waals surface area contributed by atoms with Crippen molar-refractivity contribution in [3.8, 4) is 55.6 Å². The predicted molar refractivity (Wildman–Crippen MR) is 241 cm³/mol. The Balaban J connectivity index is 0.833. The van der Waals surface area contributed by atoms with E-state index >= 15 is 0 Å². The van der Waals surface area contributed by atoms with Crippen LogP contribution in [0.4, 0.5) is 0 Å². The van der Waals surface area contributed by atoms with Crippen LogP contribution < -0.4 is 0 Å². The highest BCUT2D eigenvalue weighted by atomic mass is 16.3. The average Bonchev–Trinajstić information content (AvgIpc) is 3.78. The lowest BCUT2D eigenvalue weighted by molar-refractivity contribution is 0.660. The van der Waals surface area contributed by atoms with Gasteiger partial charge in [0.25, 0.3) is 0 Å². The van der Waals surface area contributed by atoms with Crippen LogP contribution in [0, 0.1) is 0 Å². The third kappa shape index (κ3) is 4.86. The van der Waals surface area contributed by atoms with E-state index in [-0.39, 0.29) is 5.41 Å². The van der Waals surface area contributed by atoms with Gasteiger partial charge in [-0.1, -0.05) is 159 Å². The molecule has 0 saturated heterocycles. The molecule has 2 aromatic heterocycles. The summed E-state index contributed by atoms with van der Waals surface area (Å²) in [5.74, 6) is 0. The number of hydrogen-bond acceptors (Lipinski definition) is 3. The lowest BCUT2D eigenvalue weighted by atomic mass is 9.80. The molecule has 0 atom stereocenters. The zero-order chi connectivity index (χ0) is 38.5. The lowest BCUT2D eigenvalue weighted by Crippen LogP contribution is -2.15. The molecule has 0 unspecified atom stereocenters. The molecular weight excluding hydrogens is 705 g/mol. The van der Waals surface area contributed by atoms with Crippen LogP contribution in [0.3, 0.4) is 0 Å². The first kappa shape index (κ1) is 32.8. The molecule has 0 spiro atoms. The Kier molecular flexibility index (Phi) is 6.98. The van der Waals surface area contributed by atoms with E-state index in [1.807, 2.05) is 6.07 Å². The van der Waals surface area contributed by atoms with Crippen molar-refractivity contribution in [1.82, 2.24) is 9.97 Å². The molecule has 3 nitrogen and oxygen atoms in total. The number of hydrogen-bond donors (Lipinski definition) is 0. The molecule has 0 fully saturated rings. The second kappa shape index (κ2) is 12.3. The Labute approximate surface area is 335 Å². The second-order valence-electron chi connectivity index (χ2n) is 16.1. The summed E-state index contributed by atoms with van der Waals surface area (Å²) in [5.41, 5.74) is 18.5. The summed E-state index contributed by atoms with van der Waals surface area (Å²) in [6, 6.07) is 61.9. The van der Waals surface area contributed by atoms with Crippen LogP contribution in [0.1, 0.15) is 25.0 Å². The van der Waals surface area contributed by atoms with Crippen LogP contribution in [0.5, 0.6) is 0 Å². The molecule has 0 radical (unpaired) electrons. The number of para-hydroxylation sites is 2. The Hall–Kier alpha value is -7.36. The Morgan fingerprint density at radius 1 is 0.362 bits per heavy atom. The van der Waals surface area contributed by atoms with E-state index < -0.39 is 0 Å². The first-order chi connectivity index (χ1) is 28.5. The summed E-state index contributed by atoms with van der Waals surface area (Å²) < 4.78 is 6.43. The maximum absolute atomic E-state index is 6.43. The van der Waals surface area contributed by atoms with Crippen molar-refractivity contribution in [2.24, 2.45) is 0 Å². The standard InChI is InChI=1S/C55H36N2O/c1-55(2)49-31-38(22-25-42(49)43-26-24-39(32-50(43)55)40-11-7-12-47-44-9-5-6-13-51(44)58-54(40)47)36-20-16-34(17-21-36)33-14-18-35(19-15-33)37-23-27-46-48(30-37)41-8-3-4-10-45(41)52-53(46)57-29-28-56-52/h3-32H,1-2H3. The van der Waals surface area contributed by atoms with Crippen LogP contribution in [0.2, 0.25) is 0 Å². The van der Waals surface area contributed by atoms with E-state index in [0.29, 0.717) is 0 Å². The minimum atomic E-state index is -0.153. The molecule has 0 amide bonds. The molecular formula is C55H36N2O. The van der Waals surface area contributed by atoms with Gasteiger partial charge in [0.1, 0.15) is 11.2 Å². The molecule has 1 aliphatic carbocycles. The highest BCUT2D eigenvalue weighted by molar-refractivity contribution is 6.23. The predicted octanol–water partition coefficient (Wildman–Crippen LogP) is 14.8. The van der Waals surface area contributed by atoms with Gasteiger partial charge in [0.15, 0.2) is 0 Å². The van der Waals surface area contributed by atoms with Crippen molar-refractivity contribution < 1.29 is 4.42 Å². The van der Waals surface area contributed by atoms with E-state index in [2.05, 4.69) is 183 Å². The minimum Gasteiger partial charge on any atom is -0.455 e. The van der Waals surface area contributed by atoms with E-state index in [9.17, 15) is 0 Å². The average molecular weight is 741 g/mol. The molecule has 0 saturated carbocycles. The van der Waals surface area contributed by atoms with Gasteiger partial charge in [0, 0.05) is 44.9 Å². The summed E-state index contributed by atoms with van der Waals surface area (Å²) in [4.78, 5) is 9.41. The van der Waals surface area contributed by atoms with E-state index in [4.69, 9.17) is 9.40 Å². The molecule has 0 N–H and O–H groups in total. The molecule has 0 bridgehead atoms. The van der Waals surface area contributed by atoms with Gasteiger partial charge in [0.2, 0.25) is 0 Å². The van der Waals surface area contributed by atoms with Crippen LogP contribution in [-0.4, -0.2) is 9.97 Å². The van der Waals surface area contributed by atoms with Crippen LogP contribution >= 0.6 is 0 Å². The number of aromatic nitrogens is 2. The topological polar surface area (TPSA) is 38.9 Å². The smallest absolute Gasteiger partial charge is 0.143 e. The minimum absolute atomic E-state index is 0.153. The summed E-state index contributed by atoms with van der Waals surface area (Å²) in [6.45, 7) is 4.72. The molecule has 0 aliphatic heterocycles. The van der Waals surface area contributed by atoms with Gasteiger partial charge in [-0.05, 0) is 96.2 Å². The molecule has 11 aromatic rings. The van der Waals surface area contributed by atoms with Crippen LogP contribution in [-0.2, 0) is 5.41 Å². The summed E-state index contributed by atoms with van der Waals surface area (Å²) >= 11 is 0. The Morgan fingerprint density at radius 2 is 0.845 bits per heavy atom. The van der Waals surface area contributed by atoms with Crippen LogP contribution in [0.25, 0.3) is 110 Å². The third-order valence-corrected chi connectivity index (χ3v) is 12.6. The van der Waals surface area contributed by atoms with Crippen molar-refractivity contribution in [3.05, 3.63) is 193 Å². The maximum Gasteiger partial charge on any atom is 0.143 e. The number of fused-ring (bicyclic) bond motifs is 12. The van der Waals surface area contributed by atoms with Gasteiger partial charge in [0.05, 0.1) is 11.0 Å². The number of nitrogens with zero attached hydrogens (tertiary/aromatic N) is 2. The zero-order valence-corrected chi connectivity index (χ0v) is 32.1. The molecule has 1 aliphatic rings. The van der Waals surface area contributed by atoms with Crippen molar-refractivity contribution in [2.45, 2.75) is 19.3 Å². The van der Waals surface area contributed by atoms with Crippen molar-refractivity contribution in [2.75, 3.05) is 0 Å². The SMILES string of the molecule is CC1(C)c2cc(-c3ccc(-c4ccc(-c5ccc6c(c5)c5ccccc5c5nccnc65)cc4)cc3)ccc2-c2ccc(-c3cccc4c3oc3ccccc34)cc21. The summed E-state index contributed by atoms with van der Waals surface area (Å²) in [7, 11) is 0. The van der Waals surface area contributed by atoms with E-state index in [1.165, 1.54) is 72.0 Å². The monoisotopic (exact) mass is 740 g/mol. The quantitative estimate of drug-likeness (QED) is 0.169. The molecule has 2 heterocycles. The summed E-state index contributed by atoms with van der Waals surface area (Å²) in [5, 5.41) is 6.96.